The van der Waals surface area contributed by atoms with Crippen LogP contribution >= 0.6 is 0 Å². The molecule has 5 nitrogen and oxygen atoms in total. The van der Waals surface area contributed by atoms with E-state index in [-0.39, 0.29) is 11.3 Å². The maximum Gasteiger partial charge on any atom is 0.339 e. The predicted molar refractivity (Wildman–Crippen MR) is 74.1 cm³/mol. The molecule has 0 aliphatic heterocycles. The smallest absolute Gasteiger partial charge is 0.339 e. The number of pyridine rings is 1. The molecule has 0 fully saturated rings. The lowest BCUT2D eigenvalue weighted by Crippen LogP contribution is -2.30. The van der Waals surface area contributed by atoms with Gasteiger partial charge >= 0.3 is 5.97 Å². The number of amides is 1. The highest BCUT2D eigenvalue weighted by Gasteiger charge is 2.19. The van der Waals surface area contributed by atoms with Crippen molar-refractivity contribution in [3.63, 3.8) is 0 Å². The van der Waals surface area contributed by atoms with Gasteiger partial charge in [-0.2, -0.15) is 0 Å². The molecule has 0 spiro atoms. The highest BCUT2D eigenvalue weighted by Crippen LogP contribution is 2.13. The molecule has 0 saturated carbocycles. The van der Waals surface area contributed by atoms with Gasteiger partial charge in [-0.15, -0.1) is 0 Å². The topological polar surface area (TPSA) is 68.3 Å². The summed E-state index contributed by atoms with van der Waals surface area (Å²) in [6, 6.07) is 8.70. The Morgan fingerprint density at radius 2 is 1.86 bits per heavy atom. The van der Waals surface area contributed by atoms with Crippen molar-refractivity contribution in [3.8, 4) is 0 Å². The van der Waals surface area contributed by atoms with E-state index < -0.39 is 23.8 Å². The largest absolute Gasteiger partial charge is 0.449 e. The zero-order valence-corrected chi connectivity index (χ0v) is 11.2. The second-order valence-electron chi connectivity index (χ2n) is 4.25. The standard InChI is InChI=1S/C15H13FN2O3/c1-10(21-15(20)11-6-8-17-9-7-11)14(19)18-13-5-3-2-4-12(13)16/h2-10H,1H3,(H,18,19)/t10-/m0/s1. The first-order chi connectivity index (χ1) is 10.1. The number of hydrogen-bond acceptors (Lipinski definition) is 4. The summed E-state index contributed by atoms with van der Waals surface area (Å²) in [5.74, 6) is -1.81. The van der Waals surface area contributed by atoms with E-state index in [9.17, 15) is 14.0 Å². The van der Waals surface area contributed by atoms with E-state index in [4.69, 9.17) is 4.74 Å². The van der Waals surface area contributed by atoms with Crippen LogP contribution in [0.4, 0.5) is 10.1 Å². The number of ether oxygens (including phenoxy) is 1. The summed E-state index contributed by atoms with van der Waals surface area (Å²) in [6.07, 6.45) is 1.84. The van der Waals surface area contributed by atoms with Gasteiger partial charge in [0.25, 0.3) is 5.91 Å². The minimum atomic E-state index is -1.05. The molecule has 0 saturated heterocycles. The van der Waals surface area contributed by atoms with Crippen molar-refractivity contribution < 1.29 is 18.7 Å². The van der Waals surface area contributed by atoms with Crippen LogP contribution in [0.5, 0.6) is 0 Å². The number of nitrogens with zero attached hydrogens (tertiary/aromatic N) is 1. The maximum atomic E-state index is 13.4. The highest BCUT2D eigenvalue weighted by atomic mass is 19.1. The molecular formula is C15H13FN2O3. The van der Waals surface area contributed by atoms with E-state index in [1.54, 1.807) is 6.07 Å². The molecule has 1 aromatic carbocycles. The van der Waals surface area contributed by atoms with Crippen LogP contribution in [-0.2, 0) is 9.53 Å². The first kappa shape index (κ1) is 14.6. The third-order valence-corrected chi connectivity index (χ3v) is 2.70. The molecule has 1 aromatic heterocycles. The number of anilines is 1. The van der Waals surface area contributed by atoms with Gasteiger partial charge < -0.3 is 10.1 Å². The van der Waals surface area contributed by atoms with Crippen molar-refractivity contribution in [2.24, 2.45) is 0 Å². The number of para-hydroxylation sites is 1. The van der Waals surface area contributed by atoms with E-state index in [1.165, 1.54) is 49.6 Å². The Labute approximate surface area is 120 Å². The number of benzene rings is 1. The van der Waals surface area contributed by atoms with Crippen LogP contribution < -0.4 is 5.32 Å². The van der Waals surface area contributed by atoms with Crippen molar-refractivity contribution in [1.82, 2.24) is 4.98 Å². The molecule has 1 amide bonds. The van der Waals surface area contributed by atoms with E-state index in [0.717, 1.165) is 0 Å². The van der Waals surface area contributed by atoms with Crippen molar-refractivity contribution in [2.75, 3.05) is 5.32 Å². The zero-order chi connectivity index (χ0) is 15.2. The number of hydrogen-bond donors (Lipinski definition) is 1. The molecule has 0 aliphatic rings. The number of carbonyl (C=O) groups excluding carboxylic acids is 2. The molecule has 0 radical (unpaired) electrons. The molecule has 1 atom stereocenters. The van der Waals surface area contributed by atoms with Gasteiger partial charge in [-0.25, -0.2) is 9.18 Å². The minimum Gasteiger partial charge on any atom is -0.449 e. The van der Waals surface area contributed by atoms with Crippen LogP contribution in [0.3, 0.4) is 0 Å². The third-order valence-electron chi connectivity index (χ3n) is 2.70. The minimum absolute atomic E-state index is 0.0364. The Morgan fingerprint density at radius 1 is 1.19 bits per heavy atom. The molecule has 0 unspecified atom stereocenters. The van der Waals surface area contributed by atoms with Gasteiger partial charge in [-0.3, -0.25) is 9.78 Å². The highest BCUT2D eigenvalue weighted by molar-refractivity contribution is 5.97. The van der Waals surface area contributed by atoms with Crippen LogP contribution in [0.2, 0.25) is 0 Å². The summed E-state index contributed by atoms with van der Waals surface area (Å²) in [5, 5.41) is 2.36. The second kappa shape index (κ2) is 6.60. The number of aromatic nitrogens is 1. The summed E-state index contributed by atoms with van der Waals surface area (Å²) in [4.78, 5) is 27.4. The Morgan fingerprint density at radius 3 is 2.52 bits per heavy atom. The van der Waals surface area contributed by atoms with Gasteiger partial charge in [0, 0.05) is 12.4 Å². The van der Waals surface area contributed by atoms with Gasteiger partial charge in [0.15, 0.2) is 6.10 Å². The van der Waals surface area contributed by atoms with Gasteiger partial charge in [0.2, 0.25) is 0 Å². The van der Waals surface area contributed by atoms with Crippen molar-refractivity contribution in [1.29, 1.82) is 0 Å². The quantitative estimate of drug-likeness (QED) is 0.877. The Bertz CT molecular complexity index is 646. The van der Waals surface area contributed by atoms with E-state index in [0.29, 0.717) is 0 Å². The third kappa shape index (κ3) is 3.85. The molecule has 2 aromatic rings. The monoisotopic (exact) mass is 288 g/mol. The lowest BCUT2D eigenvalue weighted by atomic mass is 10.2. The summed E-state index contributed by atoms with van der Waals surface area (Å²) >= 11 is 0. The summed E-state index contributed by atoms with van der Waals surface area (Å²) in [7, 11) is 0. The van der Waals surface area contributed by atoms with Gasteiger partial charge in [-0.05, 0) is 31.2 Å². The van der Waals surface area contributed by atoms with Crippen molar-refractivity contribution >= 4 is 17.6 Å². The lowest BCUT2D eigenvalue weighted by Gasteiger charge is -2.13. The molecule has 6 heteroatoms. The number of halogens is 1. The molecule has 2 rings (SSSR count). The number of rotatable bonds is 4. The Hall–Kier alpha value is -2.76. The molecule has 0 bridgehead atoms. The average Bonchev–Trinajstić information content (AvgIpc) is 2.50. The van der Waals surface area contributed by atoms with Gasteiger partial charge in [0.05, 0.1) is 11.3 Å². The van der Waals surface area contributed by atoms with Crippen LogP contribution in [0.1, 0.15) is 17.3 Å². The van der Waals surface area contributed by atoms with E-state index in [1.807, 2.05) is 0 Å². The summed E-state index contributed by atoms with van der Waals surface area (Å²) < 4.78 is 18.4. The van der Waals surface area contributed by atoms with E-state index in [2.05, 4.69) is 10.3 Å². The molecule has 0 aliphatic carbocycles. The zero-order valence-electron chi connectivity index (χ0n) is 11.2. The Balaban J connectivity index is 1.97. The molecule has 108 valence electrons. The average molecular weight is 288 g/mol. The van der Waals surface area contributed by atoms with Crippen LogP contribution in [0.25, 0.3) is 0 Å². The lowest BCUT2D eigenvalue weighted by molar-refractivity contribution is -0.123. The molecule has 1 N–H and O–H groups in total. The fraction of sp³-hybridized carbons (Fsp3) is 0.133. The SMILES string of the molecule is C[C@H](OC(=O)c1ccncc1)C(=O)Nc1ccccc1F. The Kier molecular flexibility index (Phi) is 4.61. The second-order valence-corrected chi connectivity index (χ2v) is 4.25. The first-order valence-electron chi connectivity index (χ1n) is 6.24. The van der Waals surface area contributed by atoms with Crippen LogP contribution in [0, 0.1) is 5.82 Å². The van der Waals surface area contributed by atoms with Crippen molar-refractivity contribution in [2.45, 2.75) is 13.0 Å². The fourth-order valence-corrected chi connectivity index (χ4v) is 1.57. The van der Waals surface area contributed by atoms with Gasteiger partial charge in [-0.1, -0.05) is 12.1 Å². The molecule has 1 heterocycles. The first-order valence-corrected chi connectivity index (χ1v) is 6.24. The van der Waals surface area contributed by atoms with Gasteiger partial charge in [0.1, 0.15) is 5.82 Å². The molecule has 21 heavy (non-hydrogen) atoms. The molecular weight excluding hydrogens is 275 g/mol. The predicted octanol–water partition coefficient (Wildman–Crippen LogP) is 2.40. The number of carbonyl (C=O) groups is 2. The number of nitrogens with one attached hydrogen (secondary N) is 1. The fourth-order valence-electron chi connectivity index (χ4n) is 1.57. The van der Waals surface area contributed by atoms with Crippen LogP contribution in [0.15, 0.2) is 48.8 Å². The van der Waals surface area contributed by atoms with E-state index >= 15 is 0 Å². The normalized spacial score (nSPS) is 11.5. The maximum absolute atomic E-state index is 13.4. The number of esters is 1. The summed E-state index contributed by atoms with van der Waals surface area (Å²) in [5.41, 5.74) is 0.324. The van der Waals surface area contributed by atoms with Crippen molar-refractivity contribution in [3.05, 3.63) is 60.2 Å². The van der Waals surface area contributed by atoms with Crippen LogP contribution in [-0.4, -0.2) is 23.0 Å². The summed E-state index contributed by atoms with van der Waals surface area (Å²) in [6.45, 7) is 1.41.